The average molecular weight is 238 g/mol. The smallest absolute Gasteiger partial charge is 0.129 e. The van der Waals surface area contributed by atoms with Crippen molar-refractivity contribution >= 4 is 5.69 Å². The highest BCUT2D eigenvalue weighted by Crippen LogP contribution is 2.25. The summed E-state index contributed by atoms with van der Waals surface area (Å²) < 4.78 is 13.7. The van der Waals surface area contributed by atoms with E-state index in [1.165, 1.54) is 6.07 Å². The van der Waals surface area contributed by atoms with E-state index in [1.807, 2.05) is 6.07 Å². The number of nitrogens with zero attached hydrogens (tertiary/aromatic N) is 1. The predicted molar refractivity (Wildman–Crippen MR) is 71.6 cm³/mol. The Hall–Kier alpha value is -1.09. The van der Waals surface area contributed by atoms with Gasteiger partial charge in [0.05, 0.1) is 0 Å². The number of rotatable bonds is 5. The summed E-state index contributed by atoms with van der Waals surface area (Å²) in [4.78, 5) is 2.22. The molecule has 0 amide bonds. The third kappa shape index (κ3) is 3.43. The predicted octanol–water partition coefficient (Wildman–Crippen LogP) is 3.16. The van der Waals surface area contributed by atoms with Gasteiger partial charge in [0.15, 0.2) is 0 Å². The van der Waals surface area contributed by atoms with Crippen LogP contribution in [0.3, 0.4) is 0 Å². The zero-order chi connectivity index (χ0) is 13.0. The first-order valence-corrected chi connectivity index (χ1v) is 6.21. The van der Waals surface area contributed by atoms with Crippen LogP contribution < -0.4 is 10.6 Å². The minimum Gasteiger partial charge on any atom is -0.369 e. The molecule has 96 valence electrons. The molecule has 0 fully saturated rings. The van der Waals surface area contributed by atoms with Crippen LogP contribution in [0.4, 0.5) is 10.1 Å². The lowest BCUT2D eigenvalue weighted by atomic mass is 10.1. The fourth-order valence-electron chi connectivity index (χ4n) is 2.00. The lowest BCUT2D eigenvalue weighted by Gasteiger charge is -2.32. The van der Waals surface area contributed by atoms with Gasteiger partial charge in [-0.05, 0) is 31.9 Å². The minimum absolute atomic E-state index is 0.209. The standard InChI is InChI=1S/C14H23FN2/c1-10(2)9-17(11(3)4)14-7-5-6-13(15)12(14)8-16/h5-7,10-11H,8-9,16H2,1-4H3. The van der Waals surface area contributed by atoms with Crippen LogP contribution in [0.1, 0.15) is 33.3 Å². The summed E-state index contributed by atoms with van der Waals surface area (Å²) in [5.41, 5.74) is 7.19. The zero-order valence-electron chi connectivity index (χ0n) is 11.2. The maximum absolute atomic E-state index is 13.7. The van der Waals surface area contributed by atoms with Crippen LogP contribution >= 0.6 is 0 Å². The van der Waals surface area contributed by atoms with Crippen LogP contribution in [0.5, 0.6) is 0 Å². The molecule has 0 aliphatic carbocycles. The Morgan fingerprint density at radius 2 is 1.88 bits per heavy atom. The number of nitrogens with two attached hydrogens (primary N) is 1. The Morgan fingerprint density at radius 3 is 2.35 bits per heavy atom. The van der Waals surface area contributed by atoms with Crippen molar-refractivity contribution in [3.63, 3.8) is 0 Å². The summed E-state index contributed by atoms with van der Waals surface area (Å²) in [7, 11) is 0. The van der Waals surface area contributed by atoms with Crippen LogP contribution in [0.2, 0.25) is 0 Å². The molecule has 0 aliphatic heterocycles. The van der Waals surface area contributed by atoms with E-state index >= 15 is 0 Å². The molecule has 2 nitrogen and oxygen atoms in total. The van der Waals surface area contributed by atoms with E-state index in [0.717, 1.165) is 12.2 Å². The van der Waals surface area contributed by atoms with Crippen molar-refractivity contribution < 1.29 is 4.39 Å². The van der Waals surface area contributed by atoms with E-state index in [-0.39, 0.29) is 12.4 Å². The van der Waals surface area contributed by atoms with Crippen molar-refractivity contribution in [3.8, 4) is 0 Å². The monoisotopic (exact) mass is 238 g/mol. The first-order valence-electron chi connectivity index (χ1n) is 6.21. The van der Waals surface area contributed by atoms with E-state index in [1.54, 1.807) is 6.07 Å². The molecule has 17 heavy (non-hydrogen) atoms. The van der Waals surface area contributed by atoms with Gasteiger partial charge in [0.2, 0.25) is 0 Å². The SMILES string of the molecule is CC(C)CN(c1cccc(F)c1CN)C(C)C. The van der Waals surface area contributed by atoms with Gasteiger partial charge in [-0.1, -0.05) is 19.9 Å². The lowest BCUT2D eigenvalue weighted by Crippen LogP contribution is -2.35. The van der Waals surface area contributed by atoms with Gasteiger partial charge in [0.1, 0.15) is 5.82 Å². The fraction of sp³-hybridized carbons (Fsp3) is 0.571. The van der Waals surface area contributed by atoms with Crippen molar-refractivity contribution in [1.29, 1.82) is 0 Å². The molecule has 0 saturated heterocycles. The largest absolute Gasteiger partial charge is 0.369 e. The summed E-state index contributed by atoms with van der Waals surface area (Å²) in [6.45, 7) is 9.71. The van der Waals surface area contributed by atoms with Gasteiger partial charge in [-0.2, -0.15) is 0 Å². The zero-order valence-corrected chi connectivity index (χ0v) is 11.2. The molecular weight excluding hydrogens is 215 g/mol. The van der Waals surface area contributed by atoms with Gasteiger partial charge >= 0.3 is 0 Å². The molecule has 2 N–H and O–H groups in total. The third-order valence-corrected chi connectivity index (χ3v) is 2.79. The number of anilines is 1. The molecular formula is C14H23FN2. The fourth-order valence-corrected chi connectivity index (χ4v) is 2.00. The molecule has 1 rings (SSSR count). The van der Waals surface area contributed by atoms with Gasteiger partial charge in [-0.15, -0.1) is 0 Å². The Kier molecular flexibility index (Phi) is 4.94. The Bertz CT molecular complexity index is 361. The summed E-state index contributed by atoms with van der Waals surface area (Å²) in [5, 5.41) is 0. The van der Waals surface area contributed by atoms with Crippen molar-refractivity contribution in [1.82, 2.24) is 0 Å². The highest BCUT2D eigenvalue weighted by Gasteiger charge is 2.17. The Labute approximate surface area is 104 Å². The number of hydrogen-bond donors (Lipinski definition) is 1. The van der Waals surface area contributed by atoms with Gasteiger partial charge < -0.3 is 10.6 Å². The molecule has 3 heteroatoms. The highest BCUT2D eigenvalue weighted by atomic mass is 19.1. The first kappa shape index (κ1) is 14.0. The van der Waals surface area contributed by atoms with Gasteiger partial charge in [-0.25, -0.2) is 4.39 Å². The maximum Gasteiger partial charge on any atom is 0.129 e. The number of hydrogen-bond acceptors (Lipinski definition) is 2. The van der Waals surface area contributed by atoms with Crippen molar-refractivity contribution in [2.24, 2.45) is 11.7 Å². The second-order valence-electron chi connectivity index (χ2n) is 5.08. The Morgan fingerprint density at radius 1 is 1.24 bits per heavy atom. The molecule has 0 unspecified atom stereocenters. The molecule has 1 aromatic rings. The summed E-state index contributed by atoms with van der Waals surface area (Å²) in [6, 6.07) is 5.51. The van der Waals surface area contributed by atoms with Crippen LogP contribution in [-0.4, -0.2) is 12.6 Å². The molecule has 0 spiro atoms. The second kappa shape index (κ2) is 6.01. The van der Waals surface area contributed by atoms with E-state index in [2.05, 4.69) is 32.6 Å². The van der Waals surface area contributed by atoms with Crippen LogP contribution in [0, 0.1) is 11.7 Å². The van der Waals surface area contributed by atoms with Crippen molar-refractivity contribution in [2.45, 2.75) is 40.3 Å². The molecule has 0 atom stereocenters. The molecule has 0 aliphatic rings. The molecule has 0 saturated carbocycles. The van der Waals surface area contributed by atoms with Gasteiger partial charge in [-0.3, -0.25) is 0 Å². The lowest BCUT2D eigenvalue weighted by molar-refractivity contribution is 0.562. The molecule has 0 radical (unpaired) electrons. The van der Waals surface area contributed by atoms with E-state index in [0.29, 0.717) is 17.5 Å². The molecule has 0 heterocycles. The highest BCUT2D eigenvalue weighted by molar-refractivity contribution is 5.54. The van der Waals surface area contributed by atoms with E-state index < -0.39 is 0 Å². The average Bonchev–Trinajstić information content (AvgIpc) is 2.25. The summed E-state index contributed by atoms with van der Waals surface area (Å²) >= 11 is 0. The maximum atomic E-state index is 13.7. The van der Waals surface area contributed by atoms with Crippen molar-refractivity contribution in [2.75, 3.05) is 11.4 Å². The minimum atomic E-state index is -0.209. The number of benzene rings is 1. The van der Waals surface area contributed by atoms with E-state index in [4.69, 9.17) is 5.73 Å². The first-order chi connectivity index (χ1) is 7.97. The summed E-state index contributed by atoms with van der Waals surface area (Å²) in [5.74, 6) is 0.325. The normalized spacial score (nSPS) is 11.3. The van der Waals surface area contributed by atoms with Crippen LogP contribution in [-0.2, 0) is 6.54 Å². The van der Waals surface area contributed by atoms with E-state index in [9.17, 15) is 4.39 Å². The Balaban J connectivity index is 3.13. The van der Waals surface area contributed by atoms with Crippen LogP contribution in [0.15, 0.2) is 18.2 Å². The molecule has 0 aromatic heterocycles. The number of halogens is 1. The quantitative estimate of drug-likeness (QED) is 0.853. The summed E-state index contributed by atoms with van der Waals surface area (Å²) in [6.07, 6.45) is 0. The van der Waals surface area contributed by atoms with Crippen molar-refractivity contribution in [3.05, 3.63) is 29.6 Å². The second-order valence-corrected chi connectivity index (χ2v) is 5.08. The molecule has 0 bridgehead atoms. The van der Waals surface area contributed by atoms with Crippen LogP contribution in [0.25, 0.3) is 0 Å². The topological polar surface area (TPSA) is 29.3 Å². The van der Waals surface area contributed by atoms with Gasteiger partial charge in [0.25, 0.3) is 0 Å². The van der Waals surface area contributed by atoms with Gasteiger partial charge in [0, 0.05) is 30.4 Å². The molecule has 1 aromatic carbocycles. The third-order valence-electron chi connectivity index (χ3n) is 2.79.